The molecular weight excluding hydrogens is 344 g/mol. The Morgan fingerprint density at radius 2 is 2.04 bits per heavy atom. The van der Waals surface area contributed by atoms with Crippen LogP contribution in [-0.4, -0.2) is 52.7 Å². The highest BCUT2D eigenvalue weighted by molar-refractivity contribution is 6.05. The number of piperidine rings is 1. The van der Waals surface area contributed by atoms with Gasteiger partial charge in [-0.15, -0.1) is 0 Å². The van der Waals surface area contributed by atoms with Crippen LogP contribution in [0.5, 0.6) is 0 Å². The third-order valence-corrected chi connectivity index (χ3v) is 6.01. The van der Waals surface area contributed by atoms with E-state index >= 15 is 0 Å². The van der Waals surface area contributed by atoms with Crippen LogP contribution in [0.25, 0.3) is 0 Å². The molecule has 0 bridgehead atoms. The van der Waals surface area contributed by atoms with Gasteiger partial charge in [-0.05, 0) is 49.9 Å². The highest BCUT2D eigenvalue weighted by Gasteiger charge is 2.40. The molecular formula is C20H26N4O3. The number of nitrogens with two attached hydrogens (primary N) is 1. The van der Waals surface area contributed by atoms with Crippen LogP contribution in [0.15, 0.2) is 18.2 Å². The van der Waals surface area contributed by atoms with Crippen LogP contribution >= 0.6 is 0 Å². The lowest BCUT2D eigenvalue weighted by Gasteiger charge is -2.29. The predicted octanol–water partition coefficient (Wildman–Crippen LogP) is 0.761. The first-order chi connectivity index (χ1) is 13.1. The van der Waals surface area contributed by atoms with E-state index in [1.807, 2.05) is 18.2 Å². The van der Waals surface area contributed by atoms with Crippen molar-refractivity contribution < 1.29 is 14.4 Å². The molecule has 2 atom stereocenters. The molecule has 3 aliphatic heterocycles. The first-order valence-electron chi connectivity index (χ1n) is 9.78. The molecule has 1 aromatic carbocycles. The molecule has 144 valence electrons. The third kappa shape index (κ3) is 3.37. The molecule has 3 aliphatic rings. The number of carbonyl (C=O) groups is 3. The summed E-state index contributed by atoms with van der Waals surface area (Å²) < 4.78 is 0. The quantitative estimate of drug-likeness (QED) is 0.746. The molecule has 27 heavy (non-hydrogen) atoms. The molecule has 0 aromatic heterocycles. The molecule has 1 aromatic rings. The van der Waals surface area contributed by atoms with Crippen LogP contribution in [0, 0.1) is 0 Å². The van der Waals surface area contributed by atoms with Gasteiger partial charge in [-0.25, -0.2) is 0 Å². The van der Waals surface area contributed by atoms with Gasteiger partial charge in [-0.1, -0.05) is 18.2 Å². The zero-order valence-corrected chi connectivity index (χ0v) is 15.4. The standard InChI is InChI=1S/C20H26N4O3/c21-9-8-15-5-2-10-23(15)11-13-3-1-4-14-12-24(20(27)18(13)14)16-6-7-17(25)22-19(16)26/h1,3-4,15-16H,2,5-12,21H2,(H,22,25,26)/t15-,16?/m0/s1. The van der Waals surface area contributed by atoms with Crippen molar-refractivity contribution in [2.24, 2.45) is 5.73 Å². The second-order valence-electron chi connectivity index (χ2n) is 7.70. The predicted molar refractivity (Wildman–Crippen MR) is 99.6 cm³/mol. The number of benzene rings is 1. The summed E-state index contributed by atoms with van der Waals surface area (Å²) in [4.78, 5) is 40.8. The Kier molecular flexibility index (Phi) is 4.97. The Labute approximate surface area is 158 Å². The molecule has 3 N–H and O–H groups in total. The minimum absolute atomic E-state index is 0.0929. The first-order valence-corrected chi connectivity index (χ1v) is 9.78. The zero-order valence-electron chi connectivity index (χ0n) is 15.4. The number of carbonyl (C=O) groups excluding carboxylic acids is 3. The van der Waals surface area contributed by atoms with Gasteiger partial charge >= 0.3 is 0 Å². The SMILES string of the molecule is NCC[C@@H]1CCCN1Cc1cccc2c1C(=O)N(C1CCC(=O)NC1=O)C2. The van der Waals surface area contributed by atoms with E-state index in [-0.39, 0.29) is 24.1 Å². The van der Waals surface area contributed by atoms with Crippen LogP contribution in [-0.2, 0) is 22.7 Å². The Balaban J connectivity index is 1.55. The van der Waals surface area contributed by atoms with E-state index in [0.717, 1.165) is 49.0 Å². The van der Waals surface area contributed by atoms with Crippen molar-refractivity contribution in [2.75, 3.05) is 13.1 Å². The van der Waals surface area contributed by atoms with Crippen molar-refractivity contribution in [2.45, 2.75) is 57.3 Å². The van der Waals surface area contributed by atoms with Gasteiger partial charge in [0, 0.05) is 31.1 Å². The lowest BCUT2D eigenvalue weighted by atomic mass is 10.0. The minimum atomic E-state index is -0.563. The Morgan fingerprint density at radius 1 is 1.19 bits per heavy atom. The monoisotopic (exact) mass is 370 g/mol. The molecule has 7 nitrogen and oxygen atoms in total. The number of nitrogens with one attached hydrogen (secondary N) is 1. The van der Waals surface area contributed by atoms with Gasteiger partial charge in [0.25, 0.3) is 5.91 Å². The molecule has 4 rings (SSSR count). The number of fused-ring (bicyclic) bond motifs is 1. The molecule has 0 saturated carbocycles. The van der Waals surface area contributed by atoms with Crippen molar-refractivity contribution in [3.63, 3.8) is 0 Å². The van der Waals surface area contributed by atoms with Crippen LogP contribution in [0.2, 0.25) is 0 Å². The minimum Gasteiger partial charge on any atom is -0.330 e. The second kappa shape index (κ2) is 7.40. The maximum Gasteiger partial charge on any atom is 0.255 e. The summed E-state index contributed by atoms with van der Waals surface area (Å²) in [5, 5.41) is 2.35. The van der Waals surface area contributed by atoms with E-state index in [1.165, 1.54) is 0 Å². The van der Waals surface area contributed by atoms with E-state index in [1.54, 1.807) is 4.90 Å². The van der Waals surface area contributed by atoms with Gasteiger partial charge in [0.05, 0.1) is 0 Å². The summed E-state index contributed by atoms with van der Waals surface area (Å²) in [5.41, 5.74) is 8.48. The average Bonchev–Trinajstić information content (AvgIpc) is 3.21. The fourth-order valence-electron chi connectivity index (χ4n) is 4.66. The van der Waals surface area contributed by atoms with Gasteiger partial charge in [-0.2, -0.15) is 0 Å². The number of hydrogen-bond donors (Lipinski definition) is 2. The summed E-state index contributed by atoms with van der Waals surface area (Å²) in [5.74, 6) is -0.720. The lowest BCUT2D eigenvalue weighted by molar-refractivity contribution is -0.136. The van der Waals surface area contributed by atoms with Crippen molar-refractivity contribution in [1.82, 2.24) is 15.1 Å². The fourth-order valence-corrected chi connectivity index (χ4v) is 4.66. The molecule has 7 heteroatoms. The average molecular weight is 370 g/mol. The fraction of sp³-hybridized carbons (Fsp3) is 0.550. The lowest BCUT2D eigenvalue weighted by Crippen LogP contribution is -2.52. The summed E-state index contributed by atoms with van der Waals surface area (Å²) >= 11 is 0. The molecule has 0 radical (unpaired) electrons. The third-order valence-electron chi connectivity index (χ3n) is 6.01. The highest BCUT2D eigenvalue weighted by atomic mass is 16.2. The molecule has 2 fully saturated rings. The first kappa shape index (κ1) is 18.1. The summed E-state index contributed by atoms with van der Waals surface area (Å²) in [6.07, 6.45) is 3.96. The van der Waals surface area contributed by atoms with Crippen LogP contribution in [0.1, 0.15) is 53.6 Å². The number of hydrogen-bond acceptors (Lipinski definition) is 5. The van der Waals surface area contributed by atoms with E-state index in [2.05, 4.69) is 10.2 Å². The Bertz CT molecular complexity index is 778. The van der Waals surface area contributed by atoms with Crippen molar-refractivity contribution in [3.8, 4) is 0 Å². The molecule has 2 saturated heterocycles. The maximum atomic E-state index is 13.1. The topological polar surface area (TPSA) is 95.7 Å². The normalized spacial score (nSPS) is 25.8. The largest absolute Gasteiger partial charge is 0.330 e. The van der Waals surface area contributed by atoms with Gasteiger partial charge in [0.2, 0.25) is 11.8 Å². The van der Waals surface area contributed by atoms with E-state index in [4.69, 9.17) is 5.73 Å². The van der Waals surface area contributed by atoms with Crippen molar-refractivity contribution >= 4 is 17.7 Å². The van der Waals surface area contributed by atoms with Crippen LogP contribution < -0.4 is 11.1 Å². The summed E-state index contributed by atoms with van der Waals surface area (Å²) in [6, 6.07) is 5.89. The number of rotatable bonds is 5. The van der Waals surface area contributed by atoms with Gasteiger partial charge in [-0.3, -0.25) is 24.6 Å². The van der Waals surface area contributed by atoms with E-state index < -0.39 is 6.04 Å². The number of amides is 3. The molecule has 0 spiro atoms. The van der Waals surface area contributed by atoms with Gasteiger partial charge in [0.15, 0.2) is 0 Å². The number of likely N-dealkylation sites (tertiary alicyclic amines) is 1. The number of nitrogens with zero attached hydrogens (tertiary/aromatic N) is 2. The smallest absolute Gasteiger partial charge is 0.255 e. The maximum absolute atomic E-state index is 13.1. The molecule has 1 unspecified atom stereocenters. The Morgan fingerprint density at radius 3 is 2.81 bits per heavy atom. The van der Waals surface area contributed by atoms with Crippen molar-refractivity contribution in [1.29, 1.82) is 0 Å². The summed E-state index contributed by atoms with van der Waals surface area (Å²) in [7, 11) is 0. The van der Waals surface area contributed by atoms with Gasteiger partial charge < -0.3 is 10.6 Å². The molecule has 3 heterocycles. The second-order valence-corrected chi connectivity index (χ2v) is 7.70. The van der Waals surface area contributed by atoms with Gasteiger partial charge in [0.1, 0.15) is 6.04 Å². The summed E-state index contributed by atoms with van der Waals surface area (Å²) in [6.45, 7) is 2.87. The van der Waals surface area contributed by atoms with Crippen LogP contribution in [0.3, 0.4) is 0 Å². The highest BCUT2D eigenvalue weighted by Crippen LogP contribution is 2.31. The van der Waals surface area contributed by atoms with E-state index in [0.29, 0.717) is 25.6 Å². The molecule has 3 amide bonds. The zero-order chi connectivity index (χ0) is 19.0. The molecule has 0 aliphatic carbocycles. The number of imide groups is 1. The Hall–Kier alpha value is -2.25. The van der Waals surface area contributed by atoms with Crippen LogP contribution in [0.4, 0.5) is 0 Å². The van der Waals surface area contributed by atoms with Crippen molar-refractivity contribution in [3.05, 3.63) is 34.9 Å². The van der Waals surface area contributed by atoms with E-state index in [9.17, 15) is 14.4 Å².